The number of rotatable bonds is 1. The average Bonchev–Trinajstić information content (AvgIpc) is 2.86. The molecule has 0 saturated heterocycles. The van der Waals surface area contributed by atoms with Crippen LogP contribution in [0.5, 0.6) is 0 Å². The maximum absolute atomic E-state index is 14.2. The molecule has 2 aromatic rings. The van der Waals surface area contributed by atoms with Gasteiger partial charge in [-0.25, -0.2) is 18.6 Å². The number of imidazole rings is 1. The number of halogens is 2. The van der Waals surface area contributed by atoms with Gasteiger partial charge in [-0.1, -0.05) is 0 Å². The van der Waals surface area contributed by atoms with Gasteiger partial charge in [0.15, 0.2) is 11.6 Å². The van der Waals surface area contributed by atoms with Crippen LogP contribution in [0.15, 0.2) is 30.9 Å². The number of ether oxygens (including phenoxy) is 1. The normalized spacial score (nSPS) is 20.4. The van der Waals surface area contributed by atoms with E-state index in [0.29, 0.717) is 0 Å². The van der Waals surface area contributed by atoms with Gasteiger partial charge < -0.3 is 9.30 Å². The van der Waals surface area contributed by atoms with Crippen LogP contribution >= 0.6 is 0 Å². The first kappa shape index (κ1) is 12.8. The van der Waals surface area contributed by atoms with Crippen molar-refractivity contribution in [3.63, 3.8) is 0 Å². The summed E-state index contributed by atoms with van der Waals surface area (Å²) in [6.45, 7) is 3.31. The highest BCUT2D eigenvalue weighted by Crippen LogP contribution is 2.41. The SMILES string of the molecule is CC1(C)OC(=O)c2ccc(F)c(F)c2[C@@H]1n1ccnc1. The van der Waals surface area contributed by atoms with E-state index in [1.54, 1.807) is 24.6 Å². The summed E-state index contributed by atoms with van der Waals surface area (Å²) >= 11 is 0. The van der Waals surface area contributed by atoms with Crippen molar-refractivity contribution in [3.8, 4) is 0 Å². The van der Waals surface area contributed by atoms with E-state index in [4.69, 9.17) is 4.74 Å². The summed E-state index contributed by atoms with van der Waals surface area (Å²) in [5, 5.41) is 0. The molecule has 6 heteroatoms. The maximum Gasteiger partial charge on any atom is 0.339 e. The lowest BCUT2D eigenvalue weighted by Gasteiger charge is -2.39. The van der Waals surface area contributed by atoms with Gasteiger partial charge in [-0.15, -0.1) is 0 Å². The lowest BCUT2D eigenvalue weighted by Crippen LogP contribution is -2.44. The second-order valence-corrected chi connectivity index (χ2v) is 5.23. The van der Waals surface area contributed by atoms with E-state index in [9.17, 15) is 13.6 Å². The highest BCUT2D eigenvalue weighted by Gasteiger charge is 2.45. The molecular weight excluding hydrogens is 266 g/mol. The lowest BCUT2D eigenvalue weighted by molar-refractivity contribution is -0.0271. The van der Waals surface area contributed by atoms with Crippen LogP contribution in [0, 0.1) is 11.6 Å². The molecule has 0 radical (unpaired) electrons. The monoisotopic (exact) mass is 278 g/mol. The number of carbonyl (C=O) groups excluding carboxylic acids is 1. The quantitative estimate of drug-likeness (QED) is 0.753. The van der Waals surface area contributed by atoms with Crippen molar-refractivity contribution in [2.75, 3.05) is 0 Å². The molecule has 3 rings (SSSR count). The first-order chi connectivity index (χ1) is 9.42. The van der Waals surface area contributed by atoms with E-state index in [-0.39, 0.29) is 11.1 Å². The molecular formula is C14H12F2N2O2. The Labute approximate surface area is 114 Å². The molecule has 20 heavy (non-hydrogen) atoms. The fraction of sp³-hybridized carbons (Fsp3) is 0.286. The fourth-order valence-electron chi connectivity index (χ4n) is 2.64. The van der Waals surface area contributed by atoms with Gasteiger partial charge in [0.2, 0.25) is 0 Å². The van der Waals surface area contributed by atoms with Crippen molar-refractivity contribution in [3.05, 3.63) is 53.6 Å². The van der Waals surface area contributed by atoms with Crippen LogP contribution in [-0.4, -0.2) is 21.1 Å². The van der Waals surface area contributed by atoms with Crippen LogP contribution in [0.4, 0.5) is 8.78 Å². The molecule has 0 amide bonds. The van der Waals surface area contributed by atoms with Gasteiger partial charge in [-0.3, -0.25) is 0 Å². The first-order valence-electron chi connectivity index (χ1n) is 6.10. The van der Waals surface area contributed by atoms with E-state index in [1.165, 1.54) is 18.6 Å². The predicted octanol–water partition coefficient (Wildman–Crippen LogP) is 2.70. The van der Waals surface area contributed by atoms with E-state index >= 15 is 0 Å². The smallest absolute Gasteiger partial charge is 0.339 e. The summed E-state index contributed by atoms with van der Waals surface area (Å²) in [6, 6.07) is 1.50. The van der Waals surface area contributed by atoms with Crippen molar-refractivity contribution in [2.24, 2.45) is 0 Å². The Morgan fingerprint density at radius 2 is 2.10 bits per heavy atom. The van der Waals surface area contributed by atoms with Crippen LogP contribution in [0.2, 0.25) is 0 Å². The third-order valence-corrected chi connectivity index (χ3v) is 3.46. The van der Waals surface area contributed by atoms with Crippen molar-refractivity contribution in [2.45, 2.75) is 25.5 Å². The lowest BCUT2D eigenvalue weighted by atomic mass is 9.85. The van der Waals surface area contributed by atoms with Crippen LogP contribution < -0.4 is 0 Å². The number of fused-ring (bicyclic) bond motifs is 1. The Kier molecular flexibility index (Phi) is 2.64. The number of hydrogen-bond donors (Lipinski definition) is 0. The van der Waals surface area contributed by atoms with Crippen molar-refractivity contribution in [1.29, 1.82) is 0 Å². The van der Waals surface area contributed by atoms with Gasteiger partial charge in [-0.05, 0) is 26.0 Å². The Balaban J connectivity index is 2.31. The topological polar surface area (TPSA) is 44.1 Å². The van der Waals surface area contributed by atoms with E-state index in [1.807, 2.05) is 0 Å². The van der Waals surface area contributed by atoms with Gasteiger partial charge in [0.25, 0.3) is 0 Å². The molecule has 0 N–H and O–H groups in total. The molecule has 104 valence electrons. The van der Waals surface area contributed by atoms with E-state index in [0.717, 1.165) is 6.07 Å². The molecule has 1 aromatic carbocycles. The fourth-order valence-corrected chi connectivity index (χ4v) is 2.64. The molecule has 1 aliphatic rings. The number of carbonyl (C=O) groups is 1. The highest BCUT2D eigenvalue weighted by molar-refractivity contribution is 5.93. The van der Waals surface area contributed by atoms with Crippen molar-refractivity contribution >= 4 is 5.97 Å². The molecule has 1 atom stereocenters. The second-order valence-electron chi connectivity index (χ2n) is 5.23. The summed E-state index contributed by atoms with van der Waals surface area (Å²) in [4.78, 5) is 15.9. The minimum absolute atomic E-state index is 0.00394. The number of aromatic nitrogens is 2. The van der Waals surface area contributed by atoms with E-state index in [2.05, 4.69) is 4.98 Å². The van der Waals surface area contributed by atoms with Gasteiger partial charge in [-0.2, -0.15) is 0 Å². The van der Waals surface area contributed by atoms with Crippen LogP contribution in [0.25, 0.3) is 0 Å². The molecule has 0 saturated carbocycles. The zero-order chi connectivity index (χ0) is 14.5. The van der Waals surface area contributed by atoms with Gasteiger partial charge in [0.1, 0.15) is 11.6 Å². The Morgan fingerprint density at radius 3 is 2.75 bits per heavy atom. The number of hydrogen-bond acceptors (Lipinski definition) is 3. The van der Waals surface area contributed by atoms with Crippen LogP contribution in [0.1, 0.15) is 35.8 Å². The van der Waals surface area contributed by atoms with Gasteiger partial charge in [0.05, 0.1) is 11.9 Å². The summed E-state index contributed by atoms with van der Waals surface area (Å²) in [5.74, 6) is -2.66. The predicted molar refractivity (Wildman–Crippen MR) is 66.2 cm³/mol. The molecule has 0 bridgehead atoms. The zero-order valence-electron chi connectivity index (χ0n) is 10.9. The largest absolute Gasteiger partial charge is 0.453 e. The standard InChI is InChI=1S/C14H12F2N2O2/c1-14(2)12(18-6-5-17-7-18)10-8(13(19)20-14)3-4-9(15)11(10)16/h3-7,12H,1-2H3/t12-/m0/s1. The first-order valence-corrected chi connectivity index (χ1v) is 6.10. The molecule has 2 heterocycles. The number of nitrogens with zero attached hydrogens (tertiary/aromatic N) is 2. The number of cyclic esters (lactones) is 1. The Hall–Kier alpha value is -2.24. The van der Waals surface area contributed by atoms with Gasteiger partial charge >= 0.3 is 5.97 Å². The maximum atomic E-state index is 14.2. The number of benzene rings is 1. The summed E-state index contributed by atoms with van der Waals surface area (Å²) in [6.07, 6.45) is 4.64. The molecule has 1 aliphatic heterocycles. The molecule has 4 nitrogen and oxygen atoms in total. The summed E-state index contributed by atoms with van der Waals surface area (Å²) in [7, 11) is 0. The molecule has 0 aliphatic carbocycles. The van der Waals surface area contributed by atoms with E-state index < -0.39 is 29.2 Å². The summed E-state index contributed by atoms with van der Waals surface area (Å²) in [5.41, 5.74) is -0.967. The Morgan fingerprint density at radius 1 is 1.35 bits per heavy atom. The minimum atomic E-state index is -1.02. The Bertz CT molecular complexity index is 681. The van der Waals surface area contributed by atoms with Crippen molar-refractivity contribution in [1.82, 2.24) is 9.55 Å². The second kappa shape index (κ2) is 4.13. The zero-order valence-corrected chi connectivity index (χ0v) is 10.9. The molecule has 0 unspecified atom stereocenters. The third-order valence-electron chi connectivity index (χ3n) is 3.46. The van der Waals surface area contributed by atoms with Gasteiger partial charge in [0, 0.05) is 18.0 Å². The van der Waals surface area contributed by atoms with Crippen molar-refractivity contribution < 1.29 is 18.3 Å². The average molecular weight is 278 g/mol. The molecule has 0 fully saturated rings. The summed E-state index contributed by atoms with van der Waals surface area (Å²) < 4.78 is 34.7. The molecule has 0 spiro atoms. The van der Waals surface area contributed by atoms with Crippen LogP contribution in [-0.2, 0) is 4.74 Å². The third kappa shape index (κ3) is 1.71. The number of esters is 1. The highest BCUT2D eigenvalue weighted by atomic mass is 19.2. The minimum Gasteiger partial charge on any atom is -0.453 e. The molecule has 1 aromatic heterocycles. The van der Waals surface area contributed by atoms with Crippen LogP contribution in [0.3, 0.4) is 0 Å².